The van der Waals surface area contributed by atoms with Crippen molar-refractivity contribution in [3.8, 4) is 5.75 Å². The van der Waals surface area contributed by atoms with Crippen LogP contribution in [0.4, 0.5) is 0 Å². The van der Waals surface area contributed by atoms with Gasteiger partial charge in [-0.15, -0.1) is 0 Å². The van der Waals surface area contributed by atoms with Crippen molar-refractivity contribution in [3.05, 3.63) is 28.7 Å². The first-order chi connectivity index (χ1) is 10.6. The minimum absolute atomic E-state index is 0.0783. The van der Waals surface area contributed by atoms with E-state index in [0.29, 0.717) is 45.6 Å². The highest BCUT2D eigenvalue weighted by Gasteiger charge is 2.21. The van der Waals surface area contributed by atoms with Crippen LogP contribution in [0, 0.1) is 0 Å². The summed E-state index contributed by atoms with van der Waals surface area (Å²) in [6, 6.07) is 7.66. The number of amides is 2. The topological polar surface area (TPSA) is 49.9 Å². The minimum atomic E-state index is 0.0783. The van der Waals surface area contributed by atoms with Crippen molar-refractivity contribution < 1.29 is 14.3 Å². The van der Waals surface area contributed by atoms with E-state index >= 15 is 0 Å². The lowest BCUT2D eigenvalue weighted by Gasteiger charge is -2.34. The van der Waals surface area contributed by atoms with Crippen LogP contribution in [-0.2, 0) is 9.59 Å². The molecule has 0 radical (unpaired) electrons. The maximum Gasteiger partial charge on any atom is 0.222 e. The SMILES string of the molecule is CC(=O)N1CCN(C(=O)CCCOc2cccc(Br)c2)CC1. The molecule has 0 saturated carbocycles. The molecule has 1 aliphatic rings. The highest BCUT2D eigenvalue weighted by molar-refractivity contribution is 9.10. The van der Waals surface area contributed by atoms with E-state index in [1.54, 1.807) is 11.8 Å². The van der Waals surface area contributed by atoms with E-state index in [-0.39, 0.29) is 11.8 Å². The Balaban J connectivity index is 1.65. The molecule has 5 nitrogen and oxygen atoms in total. The number of hydrogen-bond donors (Lipinski definition) is 0. The number of rotatable bonds is 5. The molecule has 0 aromatic heterocycles. The van der Waals surface area contributed by atoms with Crippen LogP contribution >= 0.6 is 15.9 Å². The summed E-state index contributed by atoms with van der Waals surface area (Å²) >= 11 is 3.39. The average molecular weight is 369 g/mol. The lowest BCUT2D eigenvalue weighted by Crippen LogP contribution is -2.50. The summed E-state index contributed by atoms with van der Waals surface area (Å²) in [4.78, 5) is 27.0. The van der Waals surface area contributed by atoms with Crippen LogP contribution in [0.2, 0.25) is 0 Å². The third kappa shape index (κ3) is 5.02. The Morgan fingerprint density at radius 3 is 2.50 bits per heavy atom. The van der Waals surface area contributed by atoms with Crippen LogP contribution in [0.15, 0.2) is 28.7 Å². The van der Waals surface area contributed by atoms with Gasteiger partial charge in [0.2, 0.25) is 11.8 Å². The fourth-order valence-electron chi connectivity index (χ4n) is 2.40. The van der Waals surface area contributed by atoms with Crippen molar-refractivity contribution in [2.75, 3.05) is 32.8 Å². The maximum absolute atomic E-state index is 12.1. The molecule has 0 spiro atoms. The van der Waals surface area contributed by atoms with Gasteiger partial charge < -0.3 is 14.5 Å². The summed E-state index contributed by atoms with van der Waals surface area (Å²) < 4.78 is 6.60. The van der Waals surface area contributed by atoms with Crippen LogP contribution in [0.25, 0.3) is 0 Å². The third-order valence-electron chi connectivity index (χ3n) is 3.68. The predicted octanol–water partition coefficient (Wildman–Crippen LogP) is 2.30. The zero-order valence-electron chi connectivity index (χ0n) is 12.8. The molecule has 0 aliphatic carbocycles. The number of nitrogens with zero attached hydrogens (tertiary/aromatic N) is 2. The molecule has 0 atom stereocenters. The van der Waals surface area contributed by atoms with Crippen molar-refractivity contribution >= 4 is 27.7 Å². The molecule has 22 heavy (non-hydrogen) atoms. The Labute approximate surface area is 139 Å². The van der Waals surface area contributed by atoms with E-state index in [2.05, 4.69) is 15.9 Å². The van der Waals surface area contributed by atoms with Crippen LogP contribution < -0.4 is 4.74 Å². The van der Waals surface area contributed by atoms with Crippen LogP contribution in [0.5, 0.6) is 5.75 Å². The number of benzene rings is 1. The van der Waals surface area contributed by atoms with Crippen molar-refractivity contribution in [1.82, 2.24) is 9.80 Å². The molecule has 120 valence electrons. The average Bonchev–Trinajstić information content (AvgIpc) is 2.51. The molecular weight excluding hydrogens is 348 g/mol. The van der Waals surface area contributed by atoms with Crippen molar-refractivity contribution in [2.24, 2.45) is 0 Å². The van der Waals surface area contributed by atoms with E-state index in [9.17, 15) is 9.59 Å². The summed E-state index contributed by atoms with van der Waals surface area (Å²) in [5, 5.41) is 0. The maximum atomic E-state index is 12.1. The summed E-state index contributed by atoms with van der Waals surface area (Å²) in [6.07, 6.45) is 1.17. The second kappa shape index (κ2) is 8.17. The van der Waals surface area contributed by atoms with E-state index < -0.39 is 0 Å². The Morgan fingerprint density at radius 2 is 1.86 bits per heavy atom. The van der Waals surface area contributed by atoms with Gasteiger partial charge in [0.1, 0.15) is 5.75 Å². The quantitative estimate of drug-likeness (QED) is 0.749. The highest BCUT2D eigenvalue weighted by atomic mass is 79.9. The molecule has 1 aliphatic heterocycles. The largest absolute Gasteiger partial charge is 0.494 e. The lowest BCUT2D eigenvalue weighted by molar-refractivity contribution is -0.138. The van der Waals surface area contributed by atoms with Crippen LogP contribution in [-0.4, -0.2) is 54.4 Å². The number of carbonyl (C=O) groups excluding carboxylic acids is 2. The summed E-state index contributed by atoms with van der Waals surface area (Å²) in [5.41, 5.74) is 0. The molecule has 0 N–H and O–H groups in total. The van der Waals surface area contributed by atoms with E-state index in [4.69, 9.17) is 4.74 Å². The predicted molar refractivity (Wildman–Crippen MR) is 87.7 cm³/mol. The number of halogens is 1. The van der Waals surface area contributed by atoms with Gasteiger partial charge in [0.05, 0.1) is 6.61 Å². The monoisotopic (exact) mass is 368 g/mol. The van der Waals surface area contributed by atoms with Crippen molar-refractivity contribution in [1.29, 1.82) is 0 Å². The second-order valence-corrected chi connectivity index (χ2v) is 6.21. The van der Waals surface area contributed by atoms with Gasteiger partial charge in [-0.2, -0.15) is 0 Å². The smallest absolute Gasteiger partial charge is 0.222 e. The fraction of sp³-hybridized carbons (Fsp3) is 0.500. The second-order valence-electron chi connectivity index (χ2n) is 5.30. The molecule has 1 fully saturated rings. The Morgan fingerprint density at radius 1 is 1.18 bits per heavy atom. The first kappa shape index (κ1) is 16.8. The molecule has 1 heterocycles. The van der Waals surface area contributed by atoms with Gasteiger partial charge in [0.25, 0.3) is 0 Å². The summed E-state index contributed by atoms with van der Waals surface area (Å²) in [6.45, 7) is 4.62. The Kier molecular flexibility index (Phi) is 6.24. The Bertz CT molecular complexity index is 528. The van der Waals surface area contributed by atoms with Crippen LogP contribution in [0.1, 0.15) is 19.8 Å². The van der Waals surface area contributed by atoms with E-state index in [1.807, 2.05) is 29.2 Å². The van der Waals surface area contributed by atoms with E-state index in [1.165, 1.54) is 0 Å². The van der Waals surface area contributed by atoms with Gasteiger partial charge >= 0.3 is 0 Å². The van der Waals surface area contributed by atoms with Gasteiger partial charge in [-0.05, 0) is 24.6 Å². The number of carbonyl (C=O) groups is 2. The fourth-order valence-corrected chi connectivity index (χ4v) is 2.78. The Hall–Kier alpha value is -1.56. The summed E-state index contributed by atoms with van der Waals surface area (Å²) in [7, 11) is 0. The molecule has 2 amide bonds. The molecule has 6 heteroatoms. The van der Waals surface area contributed by atoms with Gasteiger partial charge in [-0.25, -0.2) is 0 Å². The molecule has 0 unspecified atom stereocenters. The zero-order valence-corrected chi connectivity index (χ0v) is 14.3. The highest BCUT2D eigenvalue weighted by Crippen LogP contribution is 2.18. The molecule has 1 aromatic carbocycles. The first-order valence-electron chi connectivity index (χ1n) is 7.48. The van der Waals surface area contributed by atoms with Crippen molar-refractivity contribution in [3.63, 3.8) is 0 Å². The van der Waals surface area contributed by atoms with Crippen LogP contribution in [0.3, 0.4) is 0 Å². The molecular formula is C16H21BrN2O3. The third-order valence-corrected chi connectivity index (χ3v) is 4.17. The van der Waals surface area contributed by atoms with E-state index in [0.717, 1.165) is 10.2 Å². The minimum Gasteiger partial charge on any atom is -0.494 e. The molecule has 1 aromatic rings. The number of ether oxygens (including phenoxy) is 1. The molecule has 2 rings (SSSR count). The molecule has 1 saturated heterocycles. The van der Waals surface area contributed by atoms with Gasteiger partial charge in [-0.1, -0.05) is 22.0 Å². The molecule has 0 bridgehead atoms. The van der Waals surface area contributed by atoms with Gasteiger partial charge in [0.15, 0.2) is 0 Å². The normalized spacial score (nSPS) is 14.8. The summed E-state index contributed by atoms with van der Waals surface area (Å²) in [5.74, 6) is 1.02. The zero-order chi connectivity index (χ0) is 15.9. The lowest BCUT2D eigenvalue weighted by atomic mass is 10.2. The number of piperazine rings is 1. The van der Waals surface area contributed by atoms with Gasteiger partial charge in [-0.3, -0.25) is 9.59 Å². The standard InChI is InChI=1S/C16H21BrN2O3/c1-13(20)18-7-9-19(10-8-18)16(21)6-3-11-22-15-5-2-4-14(17)12-15/h2,4-5,12H,3,6-11H2,1H3. The number of hydrogen-bond acceptors (Lipinski definition) is 3. The first-order valence-corrected chi connectivity index (χ1v) is 8.27. The van der Waals surface area contributed by atoms with Crippen molar-refractivity contribution in [2.45, 2.75) is 19.8 Å². The van der Waals surface area contributed by atoms with Gasteiger partial charge in [0, 0.05) is 44.0 Å².